The van der Waals surface area contributed by atoms with Crippen LogP contribution in [0.25, 0.3) is 0 Å². The number of hydrogen-bond acceptors (Lipinski definition) is 7. The van der Waals surface area contributed by atoms with Gasteiger partial charge in [-0.15, -0.1) is 5.06 Å². The Morgan fingerprint density at radius 3 is 2.09 bits per heavy atom. The second kappa shape index (κ2) is 11.5. The molecule has 0 fully saturated rings. The highest BCUT2D eigenvalue weighted by Gasteiger charge is 2.28. The number of nitrogens with one attached hydrogen (secondary N) is 1. The van der Waals surface area contributed by atoms with Crippen LogP contribution >= 0.6 is 0 Å². The predicted molar refractivity (Wildman–Crippen MR) is 126 cm³/mol. The van der Waals surface area contributed by atoms with E-state index in [1.165, 1.54) is 12.1 Å². The Hall–Kier alpha value is -3.82. The van der Waals surface area contributed by atoms with Crippen molar-refractivity contribution in [2.45, 2.75) is 65.9 Å². The van der Waals surface area contributed by atoms with Gasteiger partial charge in [0.25, 0.3) is 0 Å². The fourth-order valence-corrected chi connectivity index (χ4v) is 2.60. The molecule has 0 saturated heterocycles. The fourth-order valence-electron chi connectivity index (χ4n) is 2.60. The SMILES string of the molecule is CC(C)(C)OC(=O)ON(Cc1ccc(NC(=O)OCc2ccccc2)c(F)c1)C(=O)OC(C)(C)C. The van der Waals surface area contributed by atoms with Gasteiger partial charge in [0.15, 0.2) is 0 Å². The van der Waals surface area contributed by atoms with Crippen LogP contribution in [0.3, 0.4) is 0 Å². The van der Waals surface area contributed by atoms with E-state index in [4.69, 9.17) is 19.0 Å². The molecule has 0 aliphatic heterocycles. The molecule has 2 amide bonds. The lowest BCUT2D eigenvalue weighted by Crippen LogP contribution is -2.39. The second-order valence-electron chi connectivity index (χ2n) is 9.57. The topological polar surface area (TPSA) is 103 Å². The fraction of sp³-hybridized carbons (Fsp3) is 0.400. The Morgan fingerprint density at radius 1 is 0.886 bits per heavy atom. The molecule has 0 unspecified atom stereocenters. The van der Waals surface area contributed by atoms with E-state index in [2.05, 4.69) is 5.32 Å². The Kier molecular flexibility index (Phi) is 9.05. The van der Waals surface area contributed by atoms with Gasteiger partial charge in [-0.1, -0.05) is 36.4 Å². The summed E-state index contributed by atoms with van der Waals surface area (Å²) < 4.78 is 30.1. The maximum atomic E-state index is 14.6. The summed E-state index contributed by atoms with van der Waals surface area (Å²) >= 11 is 0. The number of hydrogen-bond donors (Lipinski definition) is 1. The van der Waals surface area contributed by atoms with Crippen molar-refractivity contribution in [2.75, 3.05) is 5.32 Å². The third-order valence-corrected chi connectivity index (χ3v) is 3.98. The smallest absolute Gasteiger partial charge is 0.444 e. The van der Waals surface area contributed by atoms with Crippen molar-refractivity contribution >= 4 is 24.0 Å². The number of ether oxygens (including phenoxy) is 3. The van der Waals surface area contributed by atoms with Gasteiger partial charge in [0, 0.05) is 0 Å². The zero-order chi connectivity index (χ0) is 26.2. The van der Waals surface area contributed by atoms with E-state index >= 15 is 0 Å². The Labute approximate surface area is 204 Å². The molecule has 2 rings (SSSR count). The molecule has 2 aromatic carbocycles. The Bertz CT molecular complexity index is 1030. The highest BCUT2D eigenvalue weighted by molar-refractivity contribution is 5.84. The van der Waals surface area contributed by atoms with Gasteiger partial charge < -0.3 is 14.2 Å². The van der Waals surface area contributed by atoms with Gasteiger partial charge in [0.1, 0.15) is 23.6 Å². The van der Waals surface area contributed by atoms with Crippen LogP contribution in [0.2, 0.25) is 0 Å². The first kappa shape index (κ1) is 27.4. The average Bonchev–Trinajstić information content (AvgIpc) is 2.72. The number of carbonyl (C=O) groups excluding carboxylic acids is 3. The van der Waals surface area contributed by atoms with Crippen molar-refractivity contribution in [3.8, 4) is 0 Å². The van der Waals surface area contributed by atoms with Gasteiger partial charge >= 0.3 is 18.3 Å². The first-order chi connectivity index (χ1) is 16.2. The minimum Gasteiger partial charge on any atom is -0.444 e. The molecular formula is C25H31FN2O7. The van der Waals surface area contributed by atoms with Crippen molar-refractivity contribution < 1.29 is 37.8 Å². The molecule has 0 spiro atoms. The van der Waals surface area contributed by atoms with Gasteiger partial charge in [-0.3, -0.25) is 10.2 Å². The average molecular weight is 491 g/mol. The number of rotatable bonds is 5. The molecule has 190 valence electrons. The van der Waals surface area contributed by atoms with E-state index in [1.54, 1.807) is 53.7 Å². The lowest BCUT2D eigenvalue weighted by atomic mass is 10.2. The summed E-state index contributed by atoms with van der Waals surface area (Å²) in [5, 5.41) is 2.96. The summed E-state index contributed by atoms with van der Waals surface area (Å²) in [6, 6.07) is 12.9. The monoisotopic (exact) mass is 490 g/mol. The highest BCUT2D eigenvalue weighted by atomic mass is 19.1. The molecule has 0 bridgehead atoms. The normalized spacial score (nSPS) is 11.3. The highest BCUT2D eigenvalue weighted by Crippen LogP contribution is 2.20. The lowest BCUT2D eigenvalue weighted by molar-refractivity contribution is -0.140. The number of amides is 2. The number of nitrogens with zero attached hydrogens (tertiary/aromatic N) is 1. The summed E-state index contributed by atoms with van der Waals surface area (Å²) in [5.74, 6) is -0.777. The molecule has 2 aromatic rings. The van der Waals surface area contributed by atoms with Crippen molar-refractivity contribution in [1.29, 1.82) is 0 Å². The van der Waals surface area contributed by atoms with Crippen LogP contribution in [0.1, 0.15) is 52.7 Å². The minimum absolute atomic E-state index is 0.0270. The molecule has 0 radical (unpaired) electrons. The first-order valence-corrected chi connectivity index (χ1v) is 10.9. The molecule has 10 heteroatoms. The van der Waals surface area contributed by atoms with Crippen molar-refractivity contribution in [3.63, 3.8) is 0 Å². The number of carbonyl (C=O) groups is 3. The van der Waals surface area contributed by atoms with E-state index in [9.17, 15) is 18.8 Å². The van der Waals surface area contributed by atoms with Crippen LogP contribution in [0.5, 0.6) is 0 Å². The molecule has 0 aliphatic rings. The van der Waals surface area contributed by atoms with Crippen molar-refractivity contribution in [3.05, 3.63) is 65.5 Å². The summed E-state index contributed by atoms with van der Waals surface area (Å²) in [6.45, 7) is 9.55. The van der Waals surface area contributed by atoms with Crippen LogP contribution in [0.4, 0.5) is 24.5 Å². The standard InChI is InChI=1S/C25H31FN2O7/c1-24(2,3)33-22(30)28(35-23(31)34-25(4,5)6)15-18-12-13-20(19(26)14-18)27-21(29)32-16-17-10-8-7-9-11-17/h7-14H,15-16H2,1-6H3,(H,27,29). The number of benzene rings is 2. The molecule has 0 saturated carbocycles. The van der Waals surface area contributed by atoms with Gasteiger partial charge in [-0.25, -0.2) is 18.8 Å². The van der Waals surface area contributed by atoms with E-state index < -0.39 is 35.4 Å². The Morgan fingerprint density at radius 2 is 1.51 bits per heavy atom. The van der Waals surface area contributed by atoms with E-state index in [-0.39, 0.29) is 24.4 Å². The van der Waals surface area contributed by atoms with Crippen LogP contribution in [0.15, 0.2) is 48.5 Å². The van der Waals surface area contributed by atoms with Crippen molar-refractivity contribution in [1.82, 2.24) is 5.06 Å². The van der Waals surface area contributed by atoms with Crippen molar-refractivity contribution in [2.24, 2.45) is 0 Å². The Balaban J connectivity index is 2.07. The summed E-state index contributed by atoms with van der Waals surface area (Å²) in [4.78, 5) is 41.7. The van der Waals surface area contributed by atoms with E-state index in [0.717, 1.165) is 11.6 Å². The predicted octanol–water partition coefficient (Wildman–Crippen LogP) is 6.18. The quantitative estimate of drug-likeness (QED) is 0.303. The van der Waals surface area contributed by atoms with Crippen LogP contribution in [-0.2, 0) is 32.2 Å². The molecule has 9 nitrogen and oxygen atoms in total. The second-order valence-corrected chi connectivity index (χ2v) is 9.57. The molecule has 1 N–H and O–H groups in total. The van der Waals surface area contributed by atoms with Crippen LogP contribution in [-0.4, -0.2) is 34.6 Å². The van der Waals surface area contributed by atoms with E-state index in [0.29, 0.717) is 5.06 Å². The van der Waals surface area contributed by atoms with Gasteiger partial charge in [0.05, 0.1) is 12.2 Å². The van der Waals surface area contributed by atoms with Gasteiger partial charge in [-0.05, 0) is 64.8 Å². The number of halogens is 1. The molecular weight excluding hydrogens is 459 g/mol. The zero-order valence-corrected chi connectivity index (χ0v) is 20.7. The molecule has 35 heavy (non-hydrogen) atoms. The largest absolute Gasteiger partial charge is 0.534 e. The molecule has 0 atom stereocenters. The maximum Gasteiger partial charge on any atom is 0.534 e. The lowest BCUT2D eigenvalue weighted by Gasteiger charge is -2.27. The van der Waals surface area contributed by atoms with Gasteiger partial charge in [-0.2, -0.15) is 0 Å². The molecule has 0 aliphatic carbocycles. The number of hydroxylamine groups is 2. The zero-order valence-electron chi connectivity index (χ0n) is 20.7. The summed E-state index contributed by atoms with van der Waals surface area (Å²) in [6.07, 6.45) is -2.91. The summed E-state index contributed by atoms with van der Waals surface area (Å²) in [5.41, 5.74) is -0.800. The van der Waals surface area contributed by atoms with E-state index in [1.807, 2.05) is 18.2 Å². The van der Waals surface area contributed by atoms with Crippen LogP contribution in [0, 0.1) is 5.82 Å². The molecule has 0 heterocycles. The number of anilines is 1. The van der Waals surface area contributed by atoms with Crippen LogP contribution < -0.4 is 5.32 Å². The van der Waals surface area contributed by atoms with Gasteiger partial charge in [0.2, 0.25) is 0 Å². The molecule has 0 aromatic heterocycles. The first-order valence-electron chi connectivity index (χ1n) is 10.9. The maximum absolute atomic E-state index is 14.6. The summed E-state index contributed by atoms with van der Waals surface area (Å²) in [7, 11) is 0. The minimum atomic E-state index is -1.12. The third-order valence-electron chi connectivity index (χ3n) is 3.98. The third kappa shape index (κ3) is 10.3.